The van der Waals surface area contributed by atoms with Crippen molar-refractivity contribution in [3.05, 3.63) is 108 Å². The molecule has 0 fully saturated rings. The monoisotopic (exact) mass is 428 g/mol. The minimum Gasteiger partial charge on any atom is -1.00 e. The van der Waals surface area contributed by atoms with Gasteiger partial charge in [0.1, 0.15) is 0 Å². The number of rotatable bonds is 2. The third-order valence-corrected chi connectivity index (χ3v) is 4.24. The fraction of sp³-hybridized carbons (Fsp3) is 0.0833. The van der Waals surface area contributed by atoms with E-state index in [1.165, 1.54) is 33.4 Å². The largest absolute Gasteiger partial charge is 4.00 e. The summed E-state index contributed by atoms with van der Waals surface area (Å²) in [6.45, 7) is 4.28. The van der Waals surface area contributed by atoms with Gasteiger partial charge in [-0.1, -0.05) is 61.4 Å². The molecule has 4 aromatic carbocycles. The summed E-state index contributed by atoms with van der Waals surface area (Å²) < 4.78 is 0. The first-order valence-electron chi connectivity index (χ1n) is 8.31. The summed E-state index contributed by atoms with van der Waals surface area (Å²) >= 11 is 0. The Morgan fingerprint density at radius 2 is 0.815 bits per heavy atom. The van der Waals surface area contributed by atoms with E-state index >= 15 is 0 Å². The zero-order valence-corrected chi connectivity index (χ0v) is 18.6. The standard InChI is InChI=1S/2C12H11.2ClH.Ti/c2*1-10-6-5-9-12(10)11-7-3-2-4-8-11;;;/h2*2-9H,1H3;2*1H;/q2*-1;;;+4/p-2. The first-order chi connectivity index (χ1) is 11.8. The van der Waals surface area contributed by atoms with Gasteiger partial charge in [0.15, 0.2) is 0 Å². The van der Waals surface area contributed by atoms with Gasteiger partial charge in [0.25, 0.3) is 0 Å². The normalized spacial score (nSPS) is 8.96. The number of aryl methyl sites for hydroxylation is 2. The molecule has 0 aliphatic heterocycles. The van der Waals surface area contributed by atoms with Gasteiger partial charge in [0, 0.05) is 0 Å². The molecule has 0 aromatic heterocycles. The van der Waals surface area contributed by atoms with Crippen molar-refractivity contribution < 1.29 is 46.5 Å². The summed E-state index contributed by atoms with van der Waals surface area (Å²) in [5, 5.41) is 0. The predicted molar refractivity (Wildman–Crippen MR) is 104 cm³/mol. The van der Waals surface area contributed by atoms with E-state index in [1.807, 2.05) is 12.1 Å². The van der Waals surface area contributed by atoms with Crippen molar-refractivity contribution in [3.63, 3.8) is 0 Å². The third-order valence-electron chi connectivity index (χ3n) is 4.24. The fourth-order valence-corrected chi connectivity index (χ4v) is 2.90. The Morgan fingerprint density at radius 1 is 0.481 bits per heavy atom. The molecule has 0 aliphatic rings. The van der Waals surface area contributed by atoms with Gasteiger partial charge in [-0.2, -0.15) is 12.1 Å². The molecule has 0 saturated heterocycles. The molecule has 0 amide bonds. The zero-order chi connectivity index (χ0) is 16.8. The molecule has 136 valence electrons. The molecule has 0 unspecified atom stereocenters. The maximum atomic E-state index is 2.16. The van der Waals surface area contributed by atoms with Crippen molar-refractivity contribution in [1.29, 1.82) is 0 Å². The Balaban J connectivity index is 0.000000451. The number of hydrogen-bond donors (Lipinski definition) is 0. The molecule has 4 aromatic rings. The van der Waals surface area contributed by atoms with Gasteiger partial charge in [0.05, 0.1) is 0 Å². The van der Waals surface area contributed by atoms with E-state index in [2.05, 4.69) is 98.8 Å². The minimum absolute atomic E-state index is 0. The Morgan fingerprint density at radius 3 is 1.07 bits per heavy atom. The van der Waals surface area contributed by atoms with Gasteiger partial charge in [0.2, 0.25) is 0 Å². The van der Waals surface area contributed by atoms with Crippen molar-refractivity contribution in [2.45, 2.75) is 13.8 Å². The second kappa shape index (κ2) is 12.8. The molecule has 0 bridgehead atoms. The van der Waals surface area contributed by atoms with Crippen LogP contribution in [0.1, 0.15) is 11.1 Å². The smallest absolute Gasteiger partial charge is 1.00 e. The SMILES string of the molecule is Cc1ccc[c-]1-c1ccccc1.Cc1ccc[c-]1-c1ccccc1.[Cl-].[Cl-].[Ti+4]. The van der Waals surface area contributed by atoms with Gasteiger partial charge in [-0.05, 0) is 0 Å². The fourth-order valence-electron chi connectivity index (χ4n) is 2.90. The second-order valence-corrected chi connectivity index (χ2v) is 5.98. The Kier molecular flexibility index (Phi) is 12.0. The van der Waals surface area contributed by atoms with E-state index in [0.717, 1.165) is 0 Å². The van der Waals surface area contributed by atoms with Crippen LogP contribution in [0.3, 0.4) is 0 Å². The van der Waals surface area contributed by atoms with Crippen molar-refractivity contribution in [2.24, 2.45) is 0 Å². The van der Waals surface area contributed by atoms with Crippen LogP contribution in [0.15, 0.2) is 97.1 Å². The average molecular weight is 429 g/mol. The minimum atomic E-state index is 0. The first kappa shape index (κ1) is 25.4. The van der Waals surface area contributed by atoms with Crippen LogP contribution in [0.4, 0.5) is 0 Å². The topological polar surface area (TPSA) is 0 Å². The van der Waals surface area contributed by atoms with Crippen molar-refractivity contribution >= 4 is 0 Å². The zero-order valence-electron chi connectivity index (χ0n) is 15.5. The molecule has 0 aliphatic carbocycles. The van der Waals surface area contributed by atoms with Crippen molar-refractivity contribution in [3.8, 4) is 22.3 Å². The van der Waals surface area contributed by atoms with Crippen LogP contribution in [0.2, 0.25) is 0 Å². The van der Waals surface area contributed by atoms with Crippen LogP contribution in [0.5, 0.6) is 0 Å². The van der Waals surface area contributed by atoms with Gasteiger partial charge in [-0.25, -0.2) is 0 Å². The Hall–Kier alpha value is -1.57. The van der Waals surface area contributed by atoms with Gasteiger partial charge >= 0.3 is 21.7 Å². The van der Waals surface area contributed by atoms with Crippen molar-refractivity contribution in [2.75, 3.05) is 0 Å². The van der Waals surface area contributed by atoms with Crippen molar-refractivity contribution in [1.82, 2.24) is 0 Å². The molecule has 0 spiro atoms. The molecule has 0 atom stereocenters. The van der Waals surface area contributed by atoms with E-state index in [4.69, 9.17) is 0 Å². The maximum Gasteiger partial charge on any atom is 4.00 e. The summed E-state index contributed by atoms with van der Waals surface area (Å²) in [6, 6.07) is 33.7. The predicted octanol–water partition coefficient (Wildman–Crippen LogP) is 0.767. The van der Waals surface area contributed by atoms with Crippen LogP contribution < -0.4 is 24.8 Å². The van der Waals surface area contributed by atoms with E-state index < -0.39 is 0 Å². The molecule has 4 rings (SSSR count). The first-order valence-corrected chi connectivity index (χ1v) is 8.31. The number of halogens is 2. The molecule has 27 heavy (non-hydrogen) atoms. The average Bonchev–Trinajstić information content (AvgIpc) is 3.25. The third kappa shape index (κ3) is 6.83. The van der Waals surface area contributed by atoms with Crippen LogP contribution >= 0.6 is 0 Å². The molecular weight excluding hydrogens is 407 g/mol. The van der Waals surface area contributed by atoms with E-state index in [-0.39, 0.29) is 46.5 Å². The number of benzene rings is 2. The Labute approximate surface area is 190 Å². The molecule has 0 radical (unpaired) electrons. The summed E-state index contributed by atoms with van der Waals surface area (Å²) in [4.78, 5) is 0. The van der Waals surface area contributed by atoms with E-state index in [1.54, 1.807) is 0 Å². The van der Waals surface area contributed by atoms with Gasteiger partial charge in [-0.15, -0.1) is 70.8 Å². The molecule has 0 nitrogen and oxygen atoms in total. The van der Waals surface area contributed by atoms with E-state index in [0.29, 0.717) is 0 Å². The quantitative estimate of drug-likeness (QED) is 0.326. The van der Waals surface area contributed by atoms with Crippen LogP contribution in [-0.4, -0.2) is 0 Å². The van der Waals surface area contributed by atoms with Crippen LogP contribution in [-0.2, 0) is 21.7 Å². The molecule has 0 saturated carbocycles. The van der Waals surface area contributed by atoms with Gasteiger partial charge in [-0.3, -0.25) is 0 Å². The summed E-state index contributed by atoms with van der Waals surface area (Å²) in [5.74, 6) is 0. The van der Waals surface area contributed by atoms with Gasteiger partial charge < -0.3 is 24.8 Å². The molecule has 0 N–H and O–H groups in total. The molecular formula is C24H22Cl2Ti. The van der Waals surface area contributed by atoms with E-state index in [9.17, 15) is 0 Å². The molecule has 0 heterocycles. The summed E-state index contributed by atoms with van der Waals surface area (Å²) in [5.41, 5.74) is 7.99. The maximum absolute atomic E-state index is 2.16. The van der Waals surface area contributed by atoms with Crippen LogP contribution in [0, 0.1) is 13.8 Å². The summed E-state index contributed by atoms with van der Waals surface area (Å²) in [6.07, 6.45) is 0. The molecule has 3 heteroatoms. The van der Waals surface area contributed by atoms with Crippen LogP contribution in [0.25, 0.3) is 22.3 Å². The summed E-state index contributed by atoms with van der Waals surface area (Å²) in [7, 11) is 0. The number of hydrogen-bond acceptors (Lipinski definition) is 0. The Bertz CT molecular complexity index is 801. The second-order valence-electron chi connectivity index (χ2n) is 5.98.